The summed E-state index contributed by atoms with van der Waals surface area (Å²) in [5.41, 5.74) is 0.740. The van der Waals surface area contributed by atoms with Gasteiger partial charge in [0.15, 0.2) is 5.78 Å². The molecule has 0 atom stereocenters. The lowest BCUT2D eigenvalue weighted by Gasteiger charge is -2.21. The lowest BCUT2D eigenvalue weighted by Crippen LogP contribution is -2.26. The van der Waals surface area contributed by atoms with Crippen LogP contribution >= 0.6 is 0 Å². The predicted molar refractivity (Wildman–Crippen MR) is 142 cm³/mol. The van der Waals surface area contributed by atoms with E-state index in [0.717, 1.165) is 5.56 Å². The normalized spacial score (nSPS) is 12.1. The van der Waals surface area contributed by atoms with Crippen LogP contribution in [0.25, 0.3) is 6.08 Å². The highest BCUT2D eigenvalue weighted by Crippen LogP contribution is 2.36. The van der Waals surface area contributed by atoms with Gasteiger partial charge in [-0.25, -0.2) is 0 Å². The van der Waals surface area contributed by atoms with Gasteiger partial charge in [0.25, 0.3) is 0 Å². The second-order valence-electron chi connectivity index (χ2n) is 11.0. The number of ketones is 1. The zero-order valence-electron chi connectivity index (χ0n) is 22.9. The van der Waals surface area contributed by atoms with Crippen molar-refractivity contribution in [2.24, 2.45) is 10.8 Å². The molecule has 0 amide bonds. The maximum absolute atomic E-state index is 12.8. The van der Waals surface area contributed by atoms with Crippen LogP contribution in [0.5, 0.6) is 17.2 Å². The fourth-order valence-corrected chi connectivity index (χ4v) is 3.01. The van der Waals surface area contributed by atoms with Crippen LogP contribution in [-0.4, -0.2) is 24.3 Å². The molecule has 36 heavy (non-hydrogen) atoms. The zero-order valence-corrected chi connectivity index (χ0v) is 22.9. The first-order chi connectivity index (χ1) is 16.6. The molecule has 0 aliphatic carbocycles. The highest BCUT2D eigenvalue weighted by Gasteiger charge is 2.26. The molecule has 0 fully saturated rings. The molecule has 6 heteroatoms. The Morgan fingerprint density at radius 3 is 1.89 bits per heavy atom. The number of ether oxygens (including phenoxy) is 3. The first-order valence-corrected chi connectivity index (χ1v) is 12.2. The van der Waals surface area contributed by atoms with Gasteiger partial charge in [-0.2, -0.15) is 0 Å². The molecule has 194 valence electrons. The maximum Gasteiger partial charge on any atom is 0.316 e. The summed E-state index contributed by atoms with van der Waals surface area (Å²) in [7, 11) is 0. The van der Waals surface area contributed by atoms with E-state index in [1.165, 1.54) is 6.08 Å². The number of hydrogen-bond acceptors (Lipinski definition) is 6. The van der Waals surface area contributed by atoms with Crippen LogP contribution < -0.4 is 14.2 Å². The van der Waals surface area contributed by atoms with Crippen molar-refractivity contribution in [3.05, 3.63) is 59.2 Å². The fraction of sp³-hybridized carbons (Fsp3) is 0.433. The summed E-state index contributed by atoms with van der Waals surface area (Å²) in [5, 5.41) is 0. The van der Waals surface area contributed by atoms with Gasteiger partial charge in [-0.15, -0.1) is 0 Å². The zero-order chi connectivity index (χ0) is 27.3. The number of allylic oxidation sites excluding steroid dienone is 1. The van der Waals surface area contributed by atoms with Crippen molar-refractivity contribution < 1.29 is 28.6 Å². The number of rotatable bonds is 8. The molecule has 0 radical (unpaired) electrons. The van der Waals surface area contributed by atoms with Gasteiger partial charge in [0.2, 0.25) is 0 Å². The molecule has 0 saturated heterocycles. The molecule has 0 N–H and O–H groups in total. The molecule has 0 spiro atoms. The van der Waals surface area contributed by atoms with E-state index in [1.807, 2.05) is 26.8 Å². The van der Waals surface area contributed by atoms with Gasteiger partial charge in [0, 0.05) is 17.2 Å². The lowest BCUT2D eigenvalue weighted by atomic mass is 9.96. The summed E-state index contributed by atoms with van der Waals surface area (Å²) in [4.78, 5) is 37.4. The Balaban J connectivity index is 2.32. The largest absolute Gasteiger partial charge is 0.493 e. The minimum atomic E-state index is -0.647. The summed E-state index contributed by atoms with van der Waals surface area (Å²) in [6.45, 7) is 17.0. The van der Waals surface area contributed by atoms with Gasteiger partial charge >= 0.3 is 11.9 Å². The van der Waals surface area contributed by atoms with Gasteiger partial charge in [-0.05, 0) is 102 Å². The first-order valence-electron chi connectivity index (χ1n) is 12.2. The maximum atomic E-state index is 12.8. The molecule has 0 unspecified atom stereocenters. The van der Waals surface area contributed by atoms with Crippen LogP contribution in [0.1, 0.15) is 89.7 Å². The van der Waals surface area contributed by atoms with Crippen LogP contribution in [0.2, 0.25) is 0 Å². The van der Waals surface area contributed by atoms with Crippen molar-refractivity contribution in [3.8, 4) is 17.2 Å². The third kappa shape index (κ3) is 7.80. The van der Waals surface area contributed by atoms with Crippen LogP contribution in [-0.2, 0) is 9.59 Å². The second-order valence-corrected chi connectivity index (χ2v) is 11.0. The van der Waals surface area contributed by atoms with E-state index in [4.69, 9.17) is 14.2 Å². The summed E-state index contributed by atoms with van der Waals surface area (Å²) in [6.07, 6.45) is 3.17. The average molecular weight is 495 g/mol. The molecule has 2 aromatic rings. The smallest absolute Gasteiger partial charge is 0.316 e. The Morgan fingerprint density at radius 2 is 1.39 bits per heavy atom. The molecule has 0 bridgehead atoms. The third-order valence-electron chi connectivity index (χ3n) is 5.26. The minimum absolute atomic E-state index is 0.0784. The van der Waals surface area contributed by atoms with E-state index >= 15 is 0 Å². The van der Waals surface area contributed by atoms with Crippen molar-refractivity contribution in [1.29, 1.82) is 0 Å². The van der Waals surface area contributed by atoms with Crippen LogP contribution in [0.15, 0.2) is 42.5 Å². The Hall–Kier alpha value is -3.41. The monoisotopic (exact) mass is 494 g/mol. The molecule has 2 rings (SSSR count). The van der Waals surface area contributed by atoms with E-state index in [9.17, 15) is 14.4 Å². The summed E-state index contributed by atoms with van der Waals surface area (Å²) < 4.78 is 16.9. The van der Waals surface area contributed by atoms with Gasteiger partial charge in [0.05, 0.1) is 17.4 Å². The van der Waals surface area contributed by atoms with Crippen LogP contribution in [0.3, 0.4) is 0 Å². The molecule has 0 aliphatic heterocycles. The van der Waals surface area contributed by atoms with E-state index in [-0.39, 0.29) is 23.6 Å². The number of benzene rings is 2. The highest BCUT2D eigenvalue weighted by molar-refractivity contribution is 6.07. The molecule has 2 aromatic carbocycles. The lowest BCUT2D eigenvalue weighted by molar-refractivity contribution is -0.143. The fourth-order valence-electron chi connectivity index (χ4n) is 3.01. The molecule has 6 nitrogen and oxygen atoms in total. The predicted octanol–water partition coefficient (Wildman–Crippen LogP) is 7.01. The number of hydrogen-bond donors (Lipinski definition) is 0. The van der Waals surface area contributed by atoms with E-state index in [0.29, 0.717) is 35.0 Å². The molecule has 0 aromatic heterocycles. The Kier molecular flexibility index (Phi) is 9.25. The Morgan fingerprint density at radius 1 is 0.833 bits per heavy atom. The van der Waals surface area contributed by atoms with Crippen molar-refractivity contribution in [2.75, 3.05) is 6.61 Å². The van der Waals surface area contributed by atoms with Crippen LogP contribution in [0.4, 0.5) is 0 Å². The van der Waals surface area contributed by atoms with E-state index < -0.39 is 10.8 Å². The minimum Gasteiger partial charge on any atom is -0.493 e. The topological polar surface area (TPSA) is 78.9 Å². The SMILES string of the molecule is CCOc1cc(OC(=O)C(C)(C)C)c(C(C)C)cc1C=CC(=O)c1ccc(OC(=O)C(C)(C)C)cc1. The molecule has 0 aliphatic rings. The third-order valence-corrected chi connectivity index (χ3v) is 5.26. The van der Waals surface area contributed by atoms with Crippen LogP contribution in [0, 0.1) is 10.8 Å². The van der Waals surface area contributed by atoms with Gasteiger partial charge in [-0.3, -0.25) is 14.4 Å². The Labute approximate surface area is 214 Å². The average Bonchev–Trinajstić information content (AvgIpc) is 2.77. The number of carbonyl (C=O) groups excluding carboxylic acids is 3. The quantitative estimate of drug-likeness (QED) is 0.170. The van der Waals surface area contributed by atoms with Gasteiger partial charge < -0.3 is 14.2 Å². The standard InChI is InChI=1S/C30H38O6/c1-10-34-25-18-26(36-28(33)30(7,8)9)23(19(2)3)17-21(25)13-16-24(31)20-11-14-22(15-12-20)35-27(32)29(4,5)6/h11-19H,10H2,1-9H3. The van der Waals surface area contributed by atoms with Crippen molar-refractivity contribution in [2.45, 2.75) is 68.2 Å². The van der Waals surface area contributed by atoms with Crippen molar-refractivity contribution >= 4 is 23.8 Å². The van der Waals surface area contributed by atoms with Gasteiger partial charge in [0.1, 0.15) is 17.2 Å². The van der Waals surface area contributed by atoms with Crippen molar-refractivity contribution in [1.82, 2.24) is 0 Å². The molecular weight excluding hydrogens is 456 g/mol. The molecular formula is C30H38O6. The number of carbonyl (C=O) groups is 3. The molecule has 0 saturated carbocycles. The van der Waals surface area contributed by atoms with Gasteiger partial charge in [-0.1, -0.05) is 13.8 Å². The summed E-state index contributed by atoms with van der Waals surface area (Å²) in [5.74, 6) is 0.556. The number of esters is 2. The second kappa shape index (κ2) is 11.5. The first kappa shape index (κ1) is 28.8. The summed E-state index contributed by atoms with van der Waals surface area (Å²) >= 11 is 0. The van der Waals surface area contributed by atoms with Crippen molar-refractivity contribution in [3.63, 3.8) is 0 Å². The summed E-state index contributed by atoms with van der Waals surface area (Å²) in [6, 6.07) is 10.0. The van der Waals surface area contributed by atoms with E-state index in [2.05, 4.69) is 0 Å². The highest BCUT2D eigenvalue weighted by atomic mass is 16.5. The van der Waals surface area contributed by atoms with E-state index in [1.54, 1.807) is 78.0 Å². The Bertz CT molecular complexity index is 1130. The molecule has 0 heterocycles.